The molecule has 9 rings (SSSR count). The largest absolute Gasteiger partial charge is 0.0622 e. The van der Waals surface area contributed by atoms with Crippen molar-refractivity contribution in [3.63, 3.8) is 0 Å². The number of fused-ring (bicyclic) bond motifs is 5. The van der Waals surface area contributed by atoms with Gasteiger partial charge in [-0.3, -0.25) is 0 Å². The lowest BCUT2D eigenvalue weighted by Crippen LogP contribution is -2.21. The minimum atomic E-state index is -0.862. The molecule has 0 atom stereocenters. The molecule has 8 aromatic rings. The van der Waals surface area contributed by atoms with Crippen molar-refractivity contribution in [1.29, 1.82) is 0 Å². The van der Waals surface area contributed by atoms with Gasteiger partial charge in [0.05, 0.1) is 0 Å². The van der Waals surface area contributed by atoms with Crippen LogP contribution in [0.4, 0.5) is 0 Å². The zero-order valence-electron chi connectivity index (χ0n) is 27.0. The van der Waals surface area contributed by atoms with Crippen LogP contribution in [-0.4, -0.2) is 0 Å². The van der Waals surface area contributed by atoms with Gasteiger partial charge in [-0.1, -0.05) is 200 Å². The molecule has 0 aromatic heterocycles. The van der Waals surface area contributed by atoms with Crippen LogP contribution in [0.3, 0.4) is 0 Å². The Morgan fingerprint density at radius 3 is 0.837 bits per heavy atom. The maximum Gasteiger partial charge on any atom is -0.000699 e. The van der Waals surface area contributed by atoms with Crippen molar-refractivity contribution >= 4 is 23.8 Å². The molecular weight excluding hydrogens is 608 g/mol. The number of benzene rings is 8. The molecule has 8 aromatic carbocycles. The first-order valence-corrected chi connectivity index (χ1v) is 18.2. The van der Waals surface area contributed by atoms with Gasteiger partial charge in [0, 0.05) is 0 Å². The zero-order chi connectivity index (χ0) is 32.6. The van der Waals surface area contributed by atoms with Gasteiger partial charge >= 0.3 is 0 Å². The SMILES string of the molecule is c1ccc(-c2c(-c3ccccc3)c(-c3ccccc3)c3c(c2-c2ccccc2)-c2ccccc2P(c2ccccc2)c2ccccc2-3)cc1. The Morgan fingerprint density at radius 2 is 0.490 bits per heavy atom. The van der Waals surface area contributed by atoms with Gasteiger partial charge in [0.2, 0.25) is 0 Å². The van der Waals surface area contributed by atoms with E-state index in [4.69, 9.17) is 0 Å². The molecule has 0 N–H and O–H groups in total. The van der Waals surface area contributed by atoms with Gasteiger partial charge in [-0.25, -0.2) is 0 Å². The molecule has 0 saturated carbocycles. The van der Waals surface area contributed by atoms with E-state index in [-0.39, 0.29) is 0 Å². The summed E-state index contributed by atoms with van der Waals surface area (Å²) < 4.78 is 0. The predicted octanol–water partition coefficient (Wildman–Crippen LogP) is 11.8. The fraction of sp³-hybridized carbons (Fsp3) is 0. The van der Waals surface area contributed by atoms with Gasteiger partial charge in [0.15, 0.2) is 0 Å². The minimum absolute atomic E-state index is 0.862. The Morgan fingerprint density at radius 1 is 0.224 bits per heavy atom. The summed E-state index contributed by atoms with van der Waals surface area (Å²) in [5.41, 5.74) is 15.1. The van der Waals surface area contributed by atoms with Crippen molar-refractivity contribution in [2.75, 3.05) is 0 Å². The van der Waals surface area contributed by atoms with Gasteiger partial charge in [-0.2, -0.15) is 0 Å². The number of hydrogen-bond acceptors (Lipinski definition) is 0. The van der Waals surface area contributed by atoms with Crippen molar-refractivity contribution in [2.45, 2.75) is 0 Å². The van der Waals surface area contributed by atoms with Crippen molar-refractivity contribution in [1.82, 2.24) is 0 Å². The summed E-state index contributed by atoms with van der Waals surface area (Å²) >= 11 is 0. The standard InChI is InChI=1S/C48H33P/c1-6-20-34(21-7-1)43-44(35-22-8-2-9-23-35)46(37-26-12-4-13-27-37)48-40-31-17-19-33-42(40)49(38-28-14-5-15-29-38)41-32-18-16-30-39(41)47(48)45(43)36-24-10-3-11-25-36/h1-33H. The summed E-state index contributed by atoms with van der Waals surface area (Å²) in [5.74, 6) is 0. The second kappa shape index (κ2) is 12.7. The highest BCUT2D eigenvalue weighted by Gasteiger charge is 2.35. The molecular formula is C48H33P. The summed E-state index contributed by atoms with van der Waals surface area (Å²) in [6.45, 7) is 0. The highest BCUT2D eigenvalue weighted by molar-refractivity contribution is 7.80. The van der Waals surface area contributed by atoms with Gasteiger partial charge in [-0.05, 0) is 90.6 Å². The van der Waals surface area contributed by atoms with Crippen molar-refractivity contribution in [3.8, 4) is 66.8 Å². The van der Waals surface area contributed by atoms with Crippen molar-refractivity contribution in [3.05, 3.63) is 200 Å². The fourth-order valence-electron chi connectivity index (χ4n) is 7.61. The van der Waals surface area contributed by atoms with Gasteiger partial charge < -0.3 is 0 Å². The molecule has 0 fully saturated rings. The third kappa shape index (κ3) is 5.05. The van der Waals surface area contributed by atoms with Crippen LogP contribution in [0.2, 0.25) is 0 Å². The lowest BCUT2D eigenvalue weighted by Gasteiger charge is -2.28. The first kappa shape index (κ1) is 29.3. The van der Waals surface area contributed by atoms with Crippen LogP contribution < -0.4 is 15.9 Å². The molecule has 0 nitrogen and oxygen atoms in total. The minimum Gasteiger partial charge on any atom is -0.0622 e. The molecule has 0 radical (unpaired) electrons. The fourth-order valence-corrected chi connectivity index (χ4v) is 10.2. The van der Waals surface area contributed by atoms with Gasteiger partial charge in [0.1, 0.15) is 0 Å². The Labute approximate surface area is 289 Å². The summed E-state index contributed by atoms with van der Waals surface area (Å²) in [7, 11) is -0.862. The zero-order valence-corrected chi connectivity index (χ0v) is 27.9. The summed E-state index contributed by atoms with van der Waals surface area (Å²) in [6.07, 6.45) is 0. The highest BCUT2D eigenvalue weighted by Crippen LogP contribution is 2.58. The second-order valence-electron chi connectivity index (χ2n) is 12.4. The predicted molar refractivity (Wildman–Crippen MR) is 211 cm³/mol. The Hall–Kier alpha value is -5.81. The average molecular weight is 641 g/mol. The van der Waals surface area contributed by atoms with Crippen LogP contribution in [-0.2, 0) is 0 Å². The van der Waals surface area contributed by atoms with Crippen LogP contribution in [0, 0.1) is 0 Å². The van der Waals surface area contributed by atoms with E-state index in [1.165, 1.54) is 82.7 Å². The molecule has 0 aliphatic carbocycles. The number of rotatable bonds is 5. The summed E-state index contributed by atoms with van der Waals surface area (Å²) in [6, 6.07) is 73.7. The van der Waals surface area contributed by atoms with Crippen molar-refractivity contribution < 1.29 is 0 Å². The normalized spacial score (nSPS) is 12.0. The van der Waals surface area contributed by atoms with Crippen LogP contribution in [0.25, 0.3) is 66.8 Å². The summed E-state index contributed by atoms with van der Waals surface area (Å²) in [5, 5.41) is 4.13. The monoisotopic (exact) mass is 640 g/mol. The Bertz CT molecular complexity index is 2250. The molecule has 0 saturated heterocycles. The first-order valence-electron chi connectivity index (χ1n) is 16.9. The van der Waals surface area contributed by atoms with E-state index in [0.29, 0.717) is 0 Å². The smallest absolute Gasteiger partial charge is 0.000699 e. The lowest BCUT2D eigenvalue weighted by molar-refractivity contribution is 1.53. The highest BCUT2D eigenvalue weighted by atomic mass is 31.1. The summed E-state index contributed by atoms with van der Waals surface area (Å²) in [4.78, 5) is 0. The molecule has 1 aliphatic rings. The van der Waals surface area contributed by atoms with E-state index in [9.17, 15) is 0 Å². The molecule has 0 bridgehead atoms. The molecule has 0 spiro atoms. The molecule has 0 amide bonds. The lowest BCUT2D eigenvalue weighted by atomic mass is 9.74. The number of hydrogen-bond donors (Lipinski definition) is 0. The quantitative estimate of drug-likeness (QED) is 0.164. The Kier molecular flexibility index (Phi) is 7.58. The first-order chi connectivity index (χ1) is 24.4. The van der Waals surface area contributed by atoms with E-state index in [1.54, 1.807) is 0 Å². The molecule has 1 aliphatic heterocycles. The molecule has 0 unspecified atom stereocenters. The van der Waals surface area contributed by atoms with Gasteiger partial charge in [0.25, 0.3) is 0 Å². The topological polar surface area (TPSA) is 0 Å². The molecule has 1 heterocycles. The van der Waals surface area contributed by atoms with E-state index in [2.05, 4.69) is 200 Å². The second-order valence-corrected chi connectivity index (χ2v) is 14.6. The van der Waals surface area contributed by atoms with E-state index < -0.39 is 7.92 Å². The Balaban J connectivity index is 1.60. The third-order valence-electron chi connectivity index (χ3n) is 9.59. The maximum absolute atomic E-state index is 2.38. The molecule has 230 valence electrons. The van der Waals surface area contributed by atoms with Crippen LogP contribution >= 0.6 is 7.92 Å². The van der Waals surface area contributed by atoms with Crippen LogP contribution in [0.5, 0.6) is 0 Å². The molecule has 49 heavy (non-hydrogen) atoms. The van der Waals surface area contributed by atoms with E-state index >= 15 is 0 Å². The maximum atomic E-state index is 2.38. The van der Waals surface area contributed by atoms with Crippen LogP contribution in [0.1, 0.15) is 0 Å². The van der Waals surface area contributed by atoms with E-state index in [1.807, 2.05) is 0 Å². The average Bonchev–Trinajstić information content (AvgIpc) is 3.31. The molecule has 1 heteroatoms. The van der Waals surface area contributed by atoms with Crippen LogP contribution in [0.15, 0.2) is 200 Å². The third-order valence-corrected chi connectivity index (χ3v) is 12.2. The van der Waals surface area contributed by atoms with E-state index in [0.717, 1.165) is 0 Å². The van der Waals surface area contributed by atoms with Gasteiger partial charge in [-0.15, -0.1) is 0 Å². The van der Waals surface area contributed by atoms with Crippen molar-refractivity contribution in [2.24, 2.45) is 0 Å².